The lowest BCUT2D eigenvalue weighted by Crippen LogP contribution is -2.46. The van der Waals surface area contributed by atoms with Crippen LogP contribution in [0.3, 0.4) is 0 Å². The van der Waals surface area contributed by atoms with Crippen molar-refractivity contribution in [1.82, 2.24) is 15.2 Å². The highest BCUT2D eigenvalue weighted by Gasteiger charge is 2.34. The second-order valence-electron chi connectivity index (χ2n) is 9.21. The van der Waals surface area contributed by atoms with E-state index in [0.717, 1.165) is 35.4 Å². The topological polar surface area (TPSA) is 106 Å². The number of fused-ring (bicyclic) bond motifs is 1. The first-order valence-electron chi connectivity index (χ1n) is 12.0. The number of rotatable bonds is 6. The lowest BCUT2D eigenvalue weighted by Gasteiger charge is -2.27. The van der Waals surface area contributed by atoms with Gasteiger partial charge in [-0.05, 0) is 59.0 Å². The Morgan fingerprint density at radius 2 is 1.85 bits per heavy atom. The van der Waals surface area contributed by atoms with Gasteiger partial charge in [0.2, 0.25) is 0 Å². The van der Waals surface area contributed by atoms with Crippen molar-refractivity contribution in [3.05, 3.63) is 84.7 Å². The van der Waals surface area contributed by atoms with E-state index < -0.39 is 29.1 Å². The number of halogens is 5. The van der Waals surface area contributed by atoms with Crippen molar-refractivity contribution in [3.63, 3.8) is 0 Å². The Hall–Kier alpha value is -2.83. The fourth-order valence-electron chi connectivity index (χ4n) is 4.60. The highest BCUT2D eigenvalue weighted by Crippen LogP contribution is 2.43. The average Bonchev–Trinajstić information content (AvgIpc) is 3.34. The van der Waals surface area contributed by atoms with Gasteiger partial charge in [-0.25, -0.2) is 4.79 Å². The van der Waals surface area contributed by atoms with Gasteiger partial charge in [0.25, 0.3) is 11.5 Å². The fraction of sp³-hybridized carbons (Fsp3) is 0.269. The Kier molecular flexibility index (Phi) is 8.04. The van der Waals surface area contributed by atoms with E-state index in [4.69, 9.17) is 34.8 Å². The Morgan fingerprint density at radius 1 is 1.10 bits per heavy atom. The van der Waals surface area contributed by atoms with E-state index in [1.807, 2.05) is 17.1 Å². The molecule has 0 saturated carbocycles. The van der Waals surface area contributed by atoms with E-state index in [0.29, 0.717) is 24.3 Å². The van der Waals surface area contributed by atoms with Crippen LogP contribution in [0.2, 0.25) is 10.0 Å². The highest BCUT2D eigenvalue weighted by atomic mass is 35.5. The van der Waals surface area contributed by atoms with Crippen LogP contribution in [0.15, 0.2) is 51.0 Å². The number of H-pyrrole nitrogens is 1. The third-order valence-electron chi connectivity index (χ3n) is 6.62. The lowest BCUT2D eigenvalue weighted by atomic mass is 10.1. The second-order valence-corrected chi connectivity index (χ2v) is 11.5. The van der Waals surface area contributed by atoms with Crippen LogP contribution in [0.25, 0.3) is 0 Å². The molecule has 3 amide bonds. The number of aromatic nitrogens is 1. The highest BCUT2D eigenvalue weighted by molar-refractivity contribution is 7.99. The third kappa shape index (κ3) is 5.53. The first-order valence-corrected chi connectivity index (χ1v) is 14.0. The van der Waals surface area contributed by atoms with Crippen LogP contribution in [0.1, 0.15) is 39.2 Å². The van der Waals surface area contributed by atoms with E-state index in [1.54, 1.807) is 11.0 Å². The van der Waals surface area contributed by atoms with Gasteiger partial charge in [-0.3, -0.25) is 14.5 Å². The Bertz CT molecular complexity index is 1580. The first kappa shape index (κ1) is 28.7. The van der Waals surface area contributed by atoms with Crippen LogP contribution in [0, 0.1) is 0 Å². The summed E-state index contributed by atoms with van der Waals surface area (Å²) >= 11 is 18.6. The summed E-state index contributed by atoms with van der Waals surface area (Å²) in [7, 11) is 0. The summed E-state index contributed by atoms with van der Waals surface area (Å²) in [6, 6.07) is 9.11. The molecule has 40 heavy (non-hydrogen) atoms. The van der Waals surface area contributed by atoms with E-state index in [-0.39, 0.29) is 44.5 Å². The number of benzene rings is 2. The maximum atomic E-state index is 14.0. The minimum absolute atomic E-state index is 0.0562. The molecule has 1 saturated heterocycles. The number of alkyl halides is 3. The maximum Gasteiger partial charge on any atom is 0.362 e. The number of urea groups is 1. The van der Waals surface area contributed by atoms with Crippen LogP contribution in [-0.2, 0) is 25.1 Å². The summed E-state index contributed by atoms with van der Waals surface area (Å²) in [4.78, 5) is 44.2. The molecule has 8 nitrogen and oxygen atoms in total. The maximum absolute atomic E-state index is 14.0. The molecule has 2 aromatic carbocycles. The third-order valence-corrected chi connectivity index (χ3v) is 8.96. The summed E-state index contributed by atoms with van der Waals surface area (Å²) in [6.45, 7) is 1.05. The monoisotopic (exact) mass is 628 g/mol. The minimum Gasteiger partial charge on any atom is -0.392 e. The Labute approximate surface area is 246 Å². The van der Waals surface area contributed by atoms with Crippen molar-refractivity contribution in [3.8, 4) is 0 Å². The van der Waals surface area contributed by atoms with E-state index in [9.17, 15) is 28.3 Å². The number of carbonyl (C=O) groups excluding carboxylic acids is 2. The number of anilines is 1. The van der Waals surface area contributed by atoms with Crippen molar-refractivity contribution in [1.29, 1.82) is 0 Å². The molecule has 1 aromatic heterocycles. The zero-order valence-corrected chi connectivity index (χ0v) is 23.7. The molecule has 0 unspecified atom stereocenters. The van der Waals surface area contributed by atoms with Gasteiger partial charge in [-0.15, -0.1) is 0 Å². The molecule has 1 fully saturated rings. The van der Waals surface area contributed by atoms with Crippen molar-refractivity contribution in [2.24, 2.45) is 0 Å². The van der Waals surface area contributed by atoms with Crippen molar-refractivity contribution in [2.45, 2.75) is 41.3 Å². The SMILES string of the molecule is O=C(c1c(Sc2c(Cl)ccc(CO)c2Cl)cc(C(F)(F)Cl)[nH]c1=O)N1Cc2ccc(N3CCCNC3=O)cc2C1. The summed E-state index contributed by atoms with van der Waals surface area (Å²) in [5.41, 5.74) is 0.268. The Morgan fingerprint density at radius 3 is 2.55 bits per heavy atom. The molecular formula is C26H21Cl3F2N4O4S. The second kappa shape index (κ2) is 11.2. The number of amides is 3. The number of carbonyl (C=O) groups is 2. The number of aromatic amines is 1. The molecule has 14 heteroatoms. The molecule has 210 valence electrons. The predicted molar refractivity (Wildman–Crippen MR) is 149 cm³/mol. The van der Waals surface area contributed by atoms with Gasteiger partial charge in [0.15, 0.2) is 0 Å². The van der Waals surface area contributed by atoms with Crippen LogP contribution >= 0.6 is 46.6 Å². The summed E-state index contributed by atoms with van der Waals surface area (Å²) in [5.74, 6) is -0.702. The van der Waals surface area contributed by atoms with Crippen molar-refractivity contribution < 1.29 is 23.5 Å². The van der Waals surface area contributed by atoms with Gasteiger partial charge in [-0.2, -0.15) is 8.78 Å². The van der Waals surface area contributed by atoms with Crippen molar-refractivity contribution >= 4 is 64.2 Å². The molecule has 3 aromatic rings. The number of aliphatic hydroxyl groups excluding tert-OH is 1. The number of nitrogens with zero attached hydrogens (tertiary/aromatic N) is 2. The average molecular weight is 630 g/mol. The van der Waals surface area contributed by atoms with E-state index in [2.05, 4.69) is 5.32 Å². The minimum atomic E-state index is -3.92. The molecule has 0 spiro atoms. The van der Waals surface area contributed by atoms with Gasteiger partial charge < -0.3 is 20.3 Å². The molecular weight excluding hydrogens is 609 g/mol. The van der Waals surface area contributed by atoms with Crippen LogP contribution in [0.5, 0.6) is 0 Å². The summed E-state index contributed by atoms with van der Waals surface area (Å²) in [6.07, 6.45) is 0.795. The number of pyridine rings is 1. The molecule has 0 atom stereocenters. The van der Waals surface area contributed by atoms with Crippen LogP contribution in [-0.4, -0.2) is 40.0 Å². The van der Waals surface area contributed by atoms with E-state index >= 15 is 0 Å². The largest absolute Gasteiger partial charge is 0.392 e. The number of hydrogen-bond donors (Lipinski definition) is 3. The molecule has 0 radical (unpaired) electrons. The first-order chi connectivity index (χ1) is 19.0. The van der Waals surface area contributed by atoms with Gasteiger partial charge in [-0.1, -0.05) is 47.1 Å². The summed E-state index contributed by atoms with van der Waals surface area (Å²) in [5, 5.41) is 8.66. The lowest BCUT2D eigenvalue weighted by molar-refractivity contribution is 0.0740. The van der Waals surface area contributed by atoms with Gasteiger partial charge in [0, 0.05) is 41.7 Å². The molecule has 3 N–H and O–H groups in total. The van der Waals surface area contributed by atoms with Crippen molar-refractivity contribution in [2.75, 3.05) is 18.0 Å². The zero-order chi connectivity index (χ0) is 28.8. The smallest absolute Gasteiger partial charge is 0.362 e. The molecule has 0 bridgehead atoms. The molecule has 0 aliphatic carbocycles. The number of hydrogen-bond acceptors (Lipinski definition) is 5. The predicted octanol–water partition coefficient (Wildman–Crippen LogP) is 5.69. The number of nitrogens with one attached hydrogen (secondary N) is 2. The van der Waals surface area contributed by atoms with Gasteiger partial charge in [0.1, 0.15) is 11.3 Å². The summed E-state index contributed by atoms with van der Waals surface area (Å²) < 4.78 is 28.1. The molecule has 2 aliphatic heterocycles. The fourth-order valence-corrected chi connectivity index (χ4v) is 6.43. The molecule has 5 rings (SSSR count). The normalized spacial score (nSPS) is 15.3. The quantitative estimate of drug-likeness (QED) is 0.304. The van der Waals surface area contributed by atoms with Crippen LogP contribution < -0.4 is 15.8 Å². The molecule has 2 aliphatic rings. The van der Waals surface area contributed by atoms with Gasteiger partial charge >= 0.3 is 11.4 Å². The Balaban J connectivity index is 1.51. The van der Waals surface area contributed by atoms with Crippen LogP contribution in [0.4, 0.5) is 19.3 Å². The standard InChI is InChI=1S/C26H21Cl3F2N4O4S/c27-17-5-3-14(12-36)21(28)22(17)40-18-9-19(26(29,30)31)33-23(37)20(18)24(38)34-10-13-2-4-16(8-15(13)11-34)35-7-1-6-32-25(35)39/h2-5,8-9,36H,1,6-7,10-12H2,(H,32,39)(H,33,37). The van der Waals surface area contributed by atoms with E-state index in [1.165, 1.54) is 17.0 Å². The zero-order valence-electron chi connectivity index (χ0n) is 20.6. The molecule has 3 heterocycles. The van der Waals surface area contributed by atoms with Gasteiger partial charge in [0.05, 0.1) is 16.7 Å². The number of aliphatic hydroxyl groups is 1.